The van der Waals surface area contributed by atoms with Crippen LogP contribution in [0.25, 0.3) is 0 Å². The number of amides is 1. The highest BCUT2D eigenvalue weighted by molar-refractivity contribution is 6.30. The van der Waals surface area contributed by atoms with Crippen molar-refractivity contribution >= 4 is 23.5 Å². The Kier molecular flexibility index (Phi) is 4.88. The molecule has 0 bridgehead atoms. The fraction of sp³-hybridized carbons (Fsp3) is 0.500. The van der Waals surface area contributed by atoms with Gasteiger partial charge in [-0.25, -0.2) is 4.79 Å². The van der Waals surface area contributed by atoms with E-state index in [1.807, 2.05) is 13.0 Å². The van der Waals surface area contributed by atoms with Gasteiger partial charge in [0.2, 0.25) is 5.91 Å². The van der Waals surface area contributed by atoms with Gasteiger partial charge >= 0.3 is 5.97 Å². The van der Waals surface area contributed by atoms with Crippen LogP contribution in [-0.2, 0) is 16.0 Å². The molecule has 0 saturated heterocycles. The number of halogens is 1. The number of hydrogen-bond donors (Lipinski definition) is 2. The fourth-order valence-corrected chi connectivity index (χ4v) is 3.24. The van der Waals surface area contributed by atoms with E-state index in [1.165, 1.54) is 0 Å². The van der Waals surface area contributed by atoms with Crippen LogP contribution in [0.2, 0.25) is 5.02 Å². The summed E-state index contributed by atoms with van der Waals surface area (Å²) in [6.07, 6.45) is 3.30. The van der Waals surface area contributed by atoms with E-state index >= 15 is 0 Å². The highest BCUT2D eigenvalue weighted by Crippen LogP contribution is 2.34. The summed E-state index contributed by atoms with van der Waals surface area (Å²) in [7, 11) is 0. The molecule has 0 spiro atoms. The third-order valence-corrected chi connectivity index (χ3v) is 4.53. The number of carbonyl (C=O) groups excluding carboxylic acids is 1. The number of carboxylic acid groups (broad SMARTS) is 1. The molecule has 1 amide bonds. The number of carboxylic acids is 1. The second kappa shape index (κ2) is 6.48. The summed E-state index contributed by atoms with van der Waals surface area (Å²) in [5.41, 5.74) is -0.350. The third kappa shape index (κ3) is 3.56. The van der Waals surface area contributed by atoms with E-state index in [0.717, 1.165) is 24.8 Å². The van der Waals surface area contributed by atoms with Gasteiger partial charge in [0, 0.05) is 5.02 Å². The van der Waals surface area contributed by atoms with Gasteiger partial charge in [0.25, 0.3) is 0 Å². The molecule has 2 unspecified atom stereocenters. The summed E-state index contributed by atoms with van der Waals surface area (Å²) in [5.74, 6) is -1.27. The standard InChI is InChI=1S/C16H20ClNO3/c1-11-5-2-3-8-16(11,15(20)21)18-14(19)10-12-6-4-7-13(17)9-12/h4,6-7,9,11H,2-3,5,8,10H2,1H3,(H,18,19)(H,20,21). The number of nitrogens with one attached hydrogen (secondary N) is 1. The molecular formula is C16H20ClNO3. The lowest BCUT2D eigenvalue weighted by Crippen LogP contribution is -2.60. The Morgan fingerprint density at radius 2 is 2.19 bits per heavy atom. The summed E-state index contributed by atoms with van der Waals surface area (Å²) >= 11 is 5.90. The molecule has 0 radical (unpaired) electrons. The van der Waals surface area contributed by atoms with E-state index in [2.05, 4.69) is 5.32 Å². The van der Waals surface area contributed by atoms with Gasteiger partial charge in [0.15, 0.2) is 0 Å². The summed E-state index contributed by atoms with van der Waals surface area (Å²) in [6.45, 7) is 1.90. The third-order valence-electron chi connectivity index (χ3n) is 4.30. The number of benzene rings is 1. The molecule has 1 saturated carbocycles. The van der Waals surface area contributed by atoms with Crippen molar-refractivity contribution in [2.45, 2.75) is 44.6 Å². The largest absolute Gasteiger partial charge is 0.479 e. The van der Waals surface area contributed by atoms with Crippen molar-refractivity contribution in [1.29, 1.82) is 0 Å². The first kappa shape index (κ1) is 15.8. The number of aliphatic carboxylic acids is 1. The van der Waals surface area contributed by atoms with Gasteiger partial charge in [-0.2, -0.15) is 0 Å². The lowest BCUT2D eigenvalue weighted by molar-refractivity contribution is -0.151. The molecule has 1 aromatic rings. The first-order valence-corrected chi connectivity index (χ1v) is 7.61. The van der Waals surface area contributed by atoms with Crippen LogP contribution in [0.1, 0.15) is 38.2 Å². The lowest BCUT2D eigenvalue weighted by atomic mass is 9.73. The van der Waals surface area contributed by atoms with Crippen molar-refractivity contribution in [2.75, 3.05) is 0 Å². The zero-order valence-corrected chi connectivity index (χ0v) is 12.8. The maximum atomic E-state index is 12.2. The molecule has 114 valence electrons. The highest BCUT2D eigenvalue weighted by Gasteiger charge is 2.46. The molecule has 21 heavy (non-hydrogen) atoms. The molecule has 1 aliphatic carbocycles. The predicted octanol–water partition coefficient (Wildman–Crippen LogP) is 3.03. The highest BCUT2D eigenvalue weighted by atomic mass is 35.5. The van der Waals surface area contributed by atoms with Gasteiger partial charge in [0.05, 0.1) is 6.42 Å². The molecule has 0 aliphatic heterocycles. The zero-order chi connectivity index (χ0) is 15.5. The molecule has 1 aliphatic rings. The van der Waals surface area contributed by atoms with Crippen LogP contribution in [0, 0.1) is 5.92 Å². The van der Waals surface area contributed by atoms with E-state index in [1.54, 1.807) is 18.2 Å². The average molecular weight is 310 g/mol. The van der Waals surface area contributed by atoms with Gasteiger partial charge in [-0.15, -0.1) is 0 Å². The molecule has 5 heteroatoms. The van der Waals surface area contributed by atoms with Gasteiger partial charge in [0.1, 0.15) is 5.54 Å². The maximum Gasteiger partial charge on any atom is 0.329 e. The Hall–Kier alpha value is -1.55. The van der Waals surface area contributed by atoms with Crippen LogP contribution in [0.4, 0.5) is 0 Å². The van der Waals surface area contributed by atoms with E-state index in [0.29, 0.717) is 11.4 Å². The first-order chi connectivity index (χ1) is 9.94. The van der Waals surface area contributed by atoms with Crippen LogP contribution in [0.3, 0.4) is 0 Å². The summed E-state index contributed by atoms with van der Waals surface area (Å²) in [6, 6.07) is 7.05. The summed E-state index contributed by atoms with van der Waals surface area (Å²) < 4.78 is 0. The Bertz CT molecular complexity index is 546. The molecule has 2 N–H and O–H groups in total. The van der Waals surface area contributed by atoms with Crippen molar-refractivity contribution < 1.29 is 14.7 Å². The van der Waals surface area contributed by atoms with Crippen molar-refractivity contribution in [3.8, 4) is 0 Å². The van der Waals surface area contributed by atoms with E-state index in [4.69, 9.17) is 11.6 Å². The Labute approximate surface area is 129 Å². The second-order valence-corrected chi connectivity index (χ2v) is 6.21. The smallest absolute Gasteiger partial charge is 0.329 e. The number of carbonyl (C=O) groups is 2. The van der Waals surface area contributed by atoms with E-state index in [9.17, 15) is 14.7 Å². The first-order valence-electron chi connectivity index (χ1n) is 7.23. The van der Waals surface area contributed by atoms with Crippen LogP contribution < -0.4 is 5.32 Å². The number of rotatable bonds is 4. The van der Waals surface area contributed by atoms with Crippen LogP contribution in [-0.4, -0.2) is 22.5 Å². The summed E-state index contributed by atoms with van der Waals surface area (Å²) in [4.78, 5) is 23.9. The molecular weight excluding hydrogens is 290 g/mol. The van der Waals surface area contributed by atoms with Crippen molar-refractivity contribution in [3.05, 3.63) is 34.9 Å². The quantitative estimate of drug-likeness (QED) is 0.898. The van der Waals surface area contributed by atoms with Gasteiger partial charge < -0.3 is 10.4 Å². The Balaban J connectivity index is 2.10. The van der Waals surface area contributed by atoms with Gasteiger partial charge in [-0.1, -0.05) is 43.5 Å². The minimum absolute atomic E-state index is 0.0629. The SMILES string of the molecule is CC1CCCCC1(NC(=O)Cc1cccc(Cl)c1)C(=O)O. The lowest BCUT2D eigenvalue weighted by Gasteiger charge is -2.39. The van der Waals surface area contributed by atoms with Crippen LogP contribution in [0.15, 0.2) is 24.3 Å². The Morgan fingerprint density at radius 3 is 2.81 bits per heavy atom. The molecule has 1 aromatic carbocycles. The van der Waals surface area contributed by atoms with Crippen molar-refractivity contribution in [3.63, 3.8) is 0 Å². The fourth-order valence-electron chi connectivity index (χ4n) is 3.03. The molecule has 0 heterocycles. The Morgan fingerprint density at radius 1 is 1.43 bits per heavy atom. The molecule has 0 aromatic heterocycles. The topological polar surface area (TPSA) is 66.4 Å². The number of hydrogen-bond acceptors (Lipinski definition) is 2. The maximum absolute atomic E-state index is 12.2. The molecule has 1 fully saturated rings. The minimum Gasteiger partial charge on any atom is -0.479 e. The van der Waals surface area contributed by atoms with Gasteiger partial charge in [-0.05, 0) is 36.5 Å². The normalized spacial score (nSPS) is 25.3. The monoisotopic (exact) mass is 309 g/mol. The van der Waals surface area contributed by atoms with Crippen molar-refractivity contribution in [2.24, 2.45) is 5.92 Å². The van der Waals surface area contributed by atoms with E-state index in [-0.39, 0.29) is 18.2 Å². The van der Waals surface area contributed by atoms with Crippen LogP contribution >= 0.6 is 11.6 Å². The second-order valence-electron chi connectivity index (χ2n) is 5.78. The van der Waals surface area contributed by atoms with Crippen LogP contribution in [0.5, 0.6) is 0 Å². The minimum atomic E-state index is -1.13. The average Bonchev–Trinajstić information content (AvgIpc) is 2.41. The predicted molar refractivity (Wildman–Crippen MR) is 81.3 cm³/mol. The zero-order valence-electron chi connectivity index (χ0n) is 12.1. The molecule has 2 atom stereocenters. The molecule has 2 rings (SSSR count). The van der Waals surface area contributed by atoms with E-state index < -0.39 is 11.5 Å². The van der Waals surface area contributed by atoms with Gasteiger partial charge in [-0.3, -0.25) is 4.79 Å². The summed E-state index contributed by atoms with van der Waals surface area (Å²) in [5, 5.41) is 12.9. The van der Waals surface area contributed by atoms with Crippen molar-refractivity contribution in [1.82, 2.24) is 5.32 Å². The molecule has 4 nitrogen and oxygen atoms in total.